The number of rotatable bonds is 2. The number of para-hydroxylation sites is 1. The van der Waals surface area contributed by atoms with Gasteiger partial charge in [-0.1, -0.05) is 18.2 Å². The maximum Gasteiger partial charge on any atom is 0.0860 e. The number of anilines is 1. The first kappa shape index (κ1) is 10.7. The van der Waals surface area contributed by atoms with Crippen LogP contribution in [-0.2, 0) is 5.60 Å². The molecule has 0 aliphatic heterocycles. The summed E-state index contributed by atoms with van der Waals surface area (Å²) in [7, 11) is 1.69. The predicted molar refractivity (Wildman–Crippen MR) is 59.6 cm³/mol. The Kier molecular flexibility index (Phi) is 2.91. The van der Waals surface area contributed by atoms with Gasteiger partial charge in [-0.15, -0.1) is 0 Å². The summed E-state index contributed by atoms with van der Waals surface area (Å²) in [5, 5.41) is 9.84. The van der Waals surface area contributed by atoms with Gasteiger partial charge in [-0.3, -0.25) is 4.99 Å². The van der Waals surface area contributed by atoms with Crippen molar-refractivity contribution in [2.24, 2.45) is 4.99 Å². The first-order valence-corrected chi connectivity index (χ1v) is 4.50. The van der Waals surface area contributed by atoms with Gasteiger partial charge in [0.1, 0.15) is 0 Å². The third kappa shape index (κ3) is 2.12. The van der Waals surface area contributed by atoms with Gasteiger partial charge < -0.3 is 10.8 Å². The molecule has 76 valence electrons. The largest absolute Gasteiger partial charge is 0.398 e. The van der Waals surface area contributed by atoms with Crippen molar-refractivity contribution in [2.45, 2.75) is 19.4 Å². The first-order chi connectivity index (χ1) is 6.46. The van der Waals surface area contributed by atoms with Gasteiger partial charge in [0.2, 0.25) is 0 Å². The molecule has 0 aromatic heterocycles. The lowest BCUT2D eigenvalue weighted by atomic mass is 9.94. The smallest absolute Gasteiger partial charge is 0.0860 e. The molecule has 0 aliphatic rings. The van der Waals surface area contributed by atoms with Gasteiger partial charge in [0, 0.05) is 30.1 Å². The Labute approximate surface area is 84.3 Å². The summed E-state index contributed by atoms with van der Waals surface area (Å²) in [6, 6.07) is 5.56. The van der Waals surface area contributed by atoms with Crippen LogP contribution in [0.1, 0.15) is 25.0 Å². The topological polar surface area (TPSA) is 58.6 Å². The molecule has 3 nitrogen and oxygen atoms in total. The molecule has 1 aromatic rings. The van der Waals surface area contributed by atoms with E-state index in [1.54, 1.807) is 27.1 Å². The third-order valence-electron chi connectivity index (χ3n) is 2.07. The summed E-state index contributed by atoms with van der Waals surface area (Å²) in [6.07, 6.45) is 1.69. The van der Waals surface area contributed by atoms with Crippen LogP contribution in [0, 0.1) is 0 Å². The van der Waals surface area contributed by atoms with E-state index in [0.717, 1.165) is 11.1 Å². The van der Waals surface area contributed by atoms with E-state index in [4.69, 9.17) is 5.73 Å². The Morgan fingerprint density at radius 2 is 2.07 bits per heavy atom. The van der Waals surface area contributed by atoms with E-state index in [1.807, 2.05) is 18.2 Å². The summed E-state index contributed by atoms with van der Waals surface area (Å²) >= 11 is 0. The highest BCUT2D eigenvalue weighted by atomic mass is 16.3. The molecule has 0 aliphatic carbocycles. The molecular formula is C11H16N2O. The molecule has 0 unspecified atom stereocenters. The lowest BCUT2D eigenvalue weighted by Gasteiger charge is -2.20. The SMILES string of the molecule is C/N=C\c1cccc(C(C)(C)O)c1N. The van der Waals surface area contributed by atoms with Crippen molar-refractivity contribution in [3.63, 3.8) is 0 Å². The zero-order valence-electron chi connectivity index (χ0n) is 8.78. The normalized spacial score (nSPS) is 12.3. The van der Waals surface area contributed by atoms with E-state index in [2.05, 4.69) is 4.99 Å². The van der Waals surface area contributed by atoms with Gasteiger partial charge in [-0.2, -0.15) is 0 Å². The number of hydrogen-bond donors (Lipinski definition) is 2. The van der Waals surface area contributed by atoms with Crippen LogP contribution >= 0.6 is 0 Å². The highest BCUT2D eigenvalue weighted by molar-refractivity contribution is 5.88. The van der Waals surface area contributed by atoms with Gasteiger partial charge >= 0.3 is 0 Å². The zero-order valence-corrected chi connectivity index (χ0v) is 8.78. The average Bonchev–Trinajstić information content (AvgIpc) is 2.07. The Morgan fingerprint density at radius 1 is 1.43 bits per heavy atom. The Bertz CT molecular complexity index is 351. The van der Waals surface area contributed by atoms with Crippen LogP contribution in [0.2, 0.25) is 0 Å². The number of nitrogen functional groups attached to an aromatic ring is 1. The van der Waals surface area contributed by atoms with E-state index < -0.39 is 5.60 Å². The van der Waals surface area contributed by atoms with E-state index in [1.165, 1.54) is 0 Å². The molecule has 0 saturated heterocycles. The molecule has 0 atom stereocenters. The molecular weight excluding hydrogens is 176 g/mol. The fourth-order valence-corrected chi connectivity index (χ4v) is 1.37. The molecule has 0 spiro atoms. The van der Waals surface area contributed by atoms with Crippen molar-refractivity contribution in [1.82, 2.24) is 0 Å². The van der Waals surface area contributed by atoms with Crippen molar-refractivity contribution in [2.75, 3.05) is 12.8 Å². The van der Waals surface area contributed by atoms with Gasteiger partial charge in [0.05, 0.1) is 5.60 Å². The molecule has 3 N–H and O–H groups in total. The van der Waals surface area contributed by atoms with E-state index >= 15 is 0 Å². The third-order valence-corrected chi connectivity index (χ3v) is 2.07. The summed E-state index contributed by atoms with van der Waals surface area (Å²) in [6.45, 7) is 3.43. The van der Waals surface area contributed by atoms with E-state index in [-0.39, 0.29) is 0 Å². The van der Waals surface area contributed by atoms with Crippen LogP contribution in [0.3, 0.4) is 0 Å². The Morgan fingerprint density at radius 3 is 2.57 bits per heavy atom. The molecule has 0 fully saturated rings. The maximum absolute atomic E-state index is 9.84. The van der Waals surface area contributed by atoms with Crippen LogP contribution in [0.4, 0.5) is 5.69 Å². The van der Waals surface area contributed by atoms with Gasteiger partial charge in [-0.25, -0.2) is 0 Å². The van der Waals surface area contributed by atoms with Crippen molar-refractivity contribution < 1.29 is 5.11 Å². The van der Waals surface area contributed by atoms with Crippen molar-refractivity contribution in [1.29, 1.82) is 0 Å². The minimum absolute atomic E-state index is 0.589. The molecule has 0 radical (unpaired) electrons. The molecule has 0 heterocycles. The second-order valence-electron chi connectivity index (χ2n) is 3.75. The zero-order chi connectivity index (χ0) is 10.8. The summed E-state index contributed by atoms with van der Waals surface area (Å²) in [4.78, 5) is 3.90. The van der Waals surface area contributed by atoms with E-state index in [0.29, 0.717) is 5.69 Å². The number of benzene rings is 1. The fraction of sp³-hybridized carbons (Fsp3) is 0.364. The van der Waals surface area contributed by atoms with Crippen molar-refractivity contribution >= 4 is 11.9 Å². The summed E-state index contributed by atoms with van der Waals surface area (Å²) in [5.74, 6) is 0. The standard InChI is InChI=1S/C11H16N2O/c1-11(2,14)9-6-4-5-8(7-13-3)10(9)12/h4-7,14H,12H2,1-3H3/b13-7-. The Hall–Kier alpha value is -1.35. The minimum atomic E-state index is -0.915. The Balaban J connectivity index is 3.28. The van der Waals surface area contributed by atoms with E-state index in [9.17, 15) is 5.11 Å². The molecule has 1 aromatic carbocycles. The lowest BCUT2D eigenvalue weighted by molar-refractivity contribution is 0.0794. The number of aliphatic hydroxyl groups is 1. The summed E-state index contributed by atoms with van der Waals surface area (Å²) < 4.78 is 0. The molecule has 0 saturated carbocycles. The first-order valence-electron chi connectivity index (χ1n) is 4.50. The number of aliphatic imine (C=N–C) groups is 1. The molecule has 0 amide bonds. The monoisotopic (exact) mass is 192 g/mol. The lowest BCUT2D eigenvalue weighted by Crippen LogP contribution is -2.18. The quantitative estimate of drug-likeness (QED) is 0.551. The van der Waals surface area contributed by atoms with Crippen LogP contribution < -0.4 is 5.73 Å². The van der Waals surface area contributed by atoms with Crippen LogP contribution in [0.5, 0.6) is 0 Å². The molecule has 3 heteroatoms. The summed E-state index contributed by atoms with van der Waals surface area (Å²) in [5.41, 5.74) is 7.15. The highest BCUT2D eigenvalue weighted by Crippen LogP contribution is 2.27. The molecule has 0 bridgehead atoms. The highest BCUT2D eigenvalue weighted by Gasteiger charge is 2.19. The van der Waals surface area contributed by atoms with Gasteiger partial charge in [-0.05, 0) is 13.8 Å². The second kappa shape index (κ2) is 3.80. The number of hydrogen-bond acceptors (Lipinski definition) is 3. The van der Waals surface area contributed by atoms with Crippen LogP contribution in [0.15, 0.2) is 23.2 Å². The van der Waals surface area contributed by atoms with Crippen LogP contribution in [-0.4, -0.2) is 18.4 Å². The van der Waals surface area contributed by atoms with Crippen LogP contribution in [0.25, 0.3) is 0 Å². The molecule has 1 rings (SSSR count). The minimum Gasteiger partial charge on any atom is -0.398 e. The number of nitrogens with two attached hydrogens (primary N) is 1. The molecule has 14 heavy (non-hydrogen) atoms. The second-order valence-corrected chi connectivity index (χ2v) is 3.75. The predicted octanol–water partition coefficient (Wildman–Crippen LogP) is 1.54. The van der Waals surface area contributed by atoms with Crippen molar-refractivity contribution in [3.8, 4) is 0 Å². The van der Waals surface area contributed by atoms with Gasteiger partial charge in [0.25, 0.3) is 0 Å². The number of nitrogens with zero attached hydrogens (tertiary/aromatic N) is 1. The average molecular weight is 192 g/mol. The van der Waals surface area contributed by atoms with Gasteiger partial charge in [0.15, 0.2) is 0 Å². The van der Waals surface area contributed by atoms with Crippen molar-refractivity contribution in [3.05, 3.63) is 29.3 Å². The maximum atomic E-state index is 9.84. The fourth-order valence-electron chi connectivity index (χ4n) is 1.37.